The standard InChI is InChI=1S/C42H34N6O2/c1-50-38(29-14-6-2-7-15-29)28-44-41(49)40-45-35-26-34-37(27-36(35)46-40)48(47-39(34)30-22-24-43-25-23-30)42(31-16-8-3-9-17-31,32-18-10-4-11-19-32)33-20-12-5-13-21-33/h2-27,38H,28H2,1H3,(H,44,49)(H,45,46). The van der Waals surface area contributed by atoms with Crippen molar-refractivity contribution in [1.82, 2.24) is 30.0 Å². The van der Waals surface area contributed by atoms with Crippen LogP contribution >= 0.6 is 0 Å². The number of ether oxygens (including phenoxy) is 1. The maximum Gasteiger partial charge on any atom is 0.287 e. The molecule has 50 heavy (non-hydrogen) atoms. The van der Waals surface area contributed by atoms with Gasteiger partial charge in [0.25, 0.3) is 5.91 Å². The summed E-state index contributed by atoms with van der Waals surface area (Å²) >= 11 is 0. The molecule has 2 N–H and O–H groups in total. The molecular formula is C42H34N6O2. The molecule has 3 aromatic heterocycles. The Morgan fingerprint density at radius 2 is 1.34 bits per heavy atom. The van der Waals surface area contributed by atoms with Crippen LogP contribution in [0, 0.1) is 0 Å². The van der Waals surface area contributed by atoms with Gasteiger partial charge in [-0.2, -0.15) is 5.10 Å². The minimum absolute atomic E-state index is 0.223. The van der Waals surface area contributed by atoms with Gasteiger partial charge in [-0.3, -0.25) is 9.78 Å². The highest BCUT2D eigenvalue weighted by molar-refractivity contribution is 6.03. The van der Waals surface area contributed by atoms with E-state index in [0.29, 0.717) is 12.1 Å². The van der Waals surface area contributed by atoms with Crippen molar-refractivity contribution >= 4 is 27.8 Å². The highest BCUT2D eigenvalue weighted by Crippen LogP contribution is 2.44. The maximum absolute atomic E-state index is 13.5. The molecule has 8 heteroatoms. The zero-order valence-electron chi connectivity index (χ0n) is 27.4. The average molecular weight is 655 g/mol. The van der Waals surface area contributed by atoms with Crippen LogP contribution < -0.4 is 5.32 Å². The molecule has 0 saturated carbocycles. The monoisotopic (exact) mass is 654 g/mol. The van der Waals surface area contributed by atoms with E-state index >= 15 is 0 Å². The number of hydrogen-bond donors (Lipinski definition) is 2. The number of aromatic amines is 1. The number of imidazole rings is 1. The summed E-state index contributed by atoms with van der Waals surface area (Å²) in [6, 6.07) is 49.2. The Labute approximate surface area is 289 Å². The second-order valence-electron chi connectivity index (χ2n) is 12.1. The van der Waals surface area contributed by atoms with Gasteiger partial charge in [-0.05, 0) is 46.5 Å². The lowest BCUT2D eigenvalue weighted by Gasteiger charge is -2.37. The summed E-state index contributed by atoms with van der Waals surface area (Å²) in [5.41, 5.74) is 7.26. The number of amides is 1. The first-order chi connectivity index (χ1) is 24.7. The van der Waals surface area contributed by atoms with Gasteiger partial charge in [-0.25, -0.2) is 9.67 Å². The van der Waals surface area contributed by atoms with E-state index in [1.54, 1.807) is 19.5 Å². The maximum atomic E-state index is 13.5. The quantitative estimate of drug-likeness (QED) is 0.146. The predicted octanol–water partition coefficient (Wildman–Crippen LogP) is 7.93. The molecule has 0 aliphatic carbocycles. The minimum Gasteiger partial charge on any atom is -0.375 e. The number of aromatic nitrogens is 5. The van der Waals surface area contributed by atoms with Crippen LogP contribution in [0.2, 0.25) is 0 Å². The van der Waals surface area contributed by atoms with Gasteiger partial charge in [0.05, 0.1) is 22.7 Å². The Balaban J connectivity index is 1.33. The van der Waals surface area contributed by atoms with Crippen molar-refractivity contribution in [2.75, 3.05) is 13.7 Å². The van der Waals surface area contributed by atoms with Crippen molar-refractivity contribution in [3.05, 3.63) is 186 Å². The Morgan fingerprint density at radius 3 is 1.90 bits per heavy atom. The number of carbonyl (C=O) groups is 1. The Morgan fingerprint density at radius 1 is 0.780 bits per heavy atom. The third-order valence-corrected chi connectivity index (χ3v) is 9.25. The smallest absolute Gasteiger partial charge is 0.287 e. The van der Waals surface area contributed by atoms with Gasteiger partial charge < -0.3 is 15.0 Å². The molecule has 0 aliphatic heterocycles. The van der Waals surface area contributed by atoms with Crippen LogP contribution in [-0.2, 0) is 10.3 Å². The van der Waals surface area contributed by atoms with Gasteiger partial charge in [-0.15, -0.1) is 0 Å². The molecule has 244 valence electrons. The van der Waals surface area contributed by atoms with Crippen LogP contribution in [0.1, 0.15) is 39.0 Å². The van der Waals surface area contributed by atoms with Gasteiger partial charge >= 0.3 is 0 Å². The molecule has 8 rings (SSSR count). The molecule has 0 saturated heterocycles. The van der Waals surface area contributed by atoms with Crippen LogP contribution in [0.25, 0.3) is 33.2 Å². The number of nitrogens with one attached hydrogen (secondary N) is 2. The fraction of sp³-hybridized carbons (Fsp3) is 0.0952. The fourth-order valence-electron chi connectivity index (χ4n) is 6.88. The Kier molecular flexibility index (Phi) is 8.20. The number of methoxy groups -OCH3 is 1. The predicted molar refractivity (Wildman–Crippen MR) is 196 cm³/mol. The number of nitrogens with zero attached hydrogens (tertiary/aromatic N) is 4. The van der Waals surface area contributed by atoms with Crippen molar-refractivity contribution in [3.63, 3.8) is 0 Å². The van der Waals surface area contributed by atoms with E-state index in [1.807, 2.05) is 66.7 Å². The van der Waals surface area contributed by atoms with Crippen molar-refractivity contribution < 1.29 is 9.53 Å². The van der Waals surface area contributed by atoms with E-state index in [9.17, 15) is 4.79 Å². The molecule has 8 aromatic rings. The highest BCUT2D eigenvalue weighted by Gasteiger charge is 2.41. The average Bonchev–Trinajstić information content (AvgIpc) is 3.78. The molecular weight excluding hydrogens is 621 g/mol. The molecule has 1 atom stereocenters. The lowest BCUT2D eigenvalue weighted by atomic mass is 9.77. The van der Waals surface area contributed by atoms with Crippen LogP contribution in [0.15, 0.2) is 158 Å². The summed E-state index contributed by atoms with van der Waals surface area (Å²) in [6.45, 7) is 0.299. The fourth-order valence-corrected chi connectivity index (χ4v) is 6.88. The third kappa shape index (κ3) is 5.41. The molecule has 0 spiro atoms. The van der Waals surface area contributed by atoms with E-state index in [1.165, 1.54) is 0 Å². The van der Waals surface area contributed by atoms with Crippen molar-refractivity contribution in [1.29, 1.82) is 0 Å². The molecule has 5 aromatic carbocycles. The SMILES string of the molecule is COC(CNC(=O)c1nc2cc3c(-c4ccncc4)nn(C(c4ccccc4)(c4ccccc4)c4ccccc4)c3cc2[nH]1)c1ccccc1. The summed E-state index contributed by atoms with van der Waals surface area (Å²) in [6.07, 6.45) is 3.26. The third-order valence-electron chi connectivity index (χ3n) is 9.25. The summed E-state index contributed by atoms with van der Waals surface area (Å²) in [5, 5.41) is 9.36. The second-order valence-corrected chi connectivity index (χ2v) is 12.1. The number of pyridine rings is 1. The molecule has 3 heterocycles. The van der Waals surface area contributed by atoms with E-state index < -0.39 is 5.54 Å². The first-order valence-electron chi connectivity index (χ1n) is 16.5. The molecule has 0 bridgehead atoms. The first-order valence-corrected chi connectivity index (χ1v) is 16.5. The van der Waals surface area contributed by atoms with Crippen molar-refractivity contribution in [2.45, 2.75) is 11.6 Å². The normalized spacial score (nSPS) is 12.3. The molecule has 1 unspecified atom stereocenters. The zero-order valence-corrected chi connectivity index (χ0v) is 27.4. The van der Waals surface area contributed by atoms with E-state index in [2.05, 4.69) is 98.8 Å². The van der Waals surface area contributed by atoms with Gasteiger partial charge in [0.2, 0.25) is 0 Å². The molecule has 0 radical (unpaired) electrons. The van der Waals surface area contributed by atoms with Crippen LogP contribution in [0.5, 0.6) is 0 Å². The van der Waals surface area contributed by atoms with Crippen molar-refractivity contribution in [2.24, 2.45) is 0 Å². The number of H-pyrrole nitrogens is 1. The zero-order chi connectivity index (χ0) is 33.9. The van der Waals surface area contributed by atoms with E-state index in [4.69, 9.17) is 14.8 Å². The van der Waals surface area contributed by atoms with Crippen molar-refractivity contribution in [3.8, 4) is 11.3 Å². The van der Waals surface area contributed by atoms with Crippen LogP contribution in [0.3, 0.4) is 0 Å². The summed E-state index contributed by atoms with van der Waals surface area (Å²) in [7, 11) is 1.64. The topological polar surface area (TPSA) is 97.7 Å². The lowest BCUT2D eigenvalue weighted by Crippen LogP contribution is -2.38. The summed E-state index contributed by atoms with van der Waals surface area (Å²) < 4.78 is 7.80. The van der Waals surface area contributed by atoms with E-state index in [0.717, 1.165) is 49.9 Å². The Bertz CT molecular complexity index is 2280. The molecule has 0 aliphatic rings. The minimum atomic E-state index is -0.853. The van der Waals surface area contributed by atoms with Gasteiger partial charge in [0.15, 0.2) is 5.82 Å². The highest BCUT2D eigenvalue weighted by atomic mass is 16.5. The number of rotatable bonds is 10. The summed E-state index contributed by atoms with van der Waals surface area (Å²) in [5.74, 6) is -0.0904. The molecule has 1 amide bonds. The Hall–Kier alpha value is -6.38. The van der Waals surface area contributed by atoms with E-state index in [-0.39, 0.29) is 17.8 Å². The first kappa shape index (κ1) is 30.9. The van der Waals surface area contributed by atoms with Gasteiger partial charge in [0, 0.05) is 37.0 Å². The van der Waals surface area contributed by atoms with Crippen LogP contribution in [0.4, 0.5) is 0 Å². The number of hydrogen-bond acceptors (Lipinski definition) is 5. The second kappa shape index (κ2) is 13.3. The van der Waals surface area contributed by atoms with Gasteiger partial charge in [0.1, 0.15) is 11.2 Å². The van der Waals surface area contributed by atoms with Gasteiger partial charge in [-0.1, -0.05) is 121 Å². The van der Waals surface area contributed by atoms with Crippen LogP contribution in [-0.4, -0.2) is 44.3 Å². The molecule has 0 fully saturated rings. The lowest BCUT2D eigenvalue weighted by molar-refractivity contribution is 0.0821. The summed E-state index contributed by atoms with van der Waals surface area (Å²) in [4.78, 5) is 25.8. The number of benzene rings is 5. The number of carbonyl (C=O) groups excluding carboxylic acids is 1. The molecule has 8 nitrogen and oxygen atoms in total. The largest absolute Gasteiger partial charge is 0.375 e. The number of fused-ring (bicyclic) bond motifs is 2.